The Kier molecular flexibility index (Phi) is 10.2. The number of nitrogens with zero attached hydrogens (tertiary/aromatic N) is 1. The molecule has 0 bridgehead atoms. The lowest BCUT2D eigenvalue weighted by Gasteiger charge is -2.28. The van der Waals surface area contributed by atoms with Crippen LogP contribution in [0.15, 0.2) is 103 Å². The van der Waals surface area contributed by atoms with E-state index in [1.165, 1.54) is 6.92 Å². The first-order valence-electron chi connectivity index (χ1n) is 13.6. The fourth-order valence-corrected chi connectivity index (χ4v) is 4.83. The average molecular weight is 551 g/mol. The van der Waals surface area contributed by atoms with E-state index in [2.05, 4.69) is 10.6 Å². The van der Waals surface area contributed by atoms with Crippen molar-refractivity contribution in [3.63, 3.8) is 0 Å². The highest BCUT2D eigenvalue weighted by atomic mass is 16.3. The lowest BCUT2D eigenvalue weighted by atomic mass is 9.88. The Hall–Kier alpha value is -4.50. The Balaban J connectivity index is 1.52. The number of aliphatic hydroxyl groups excluding tert-OH is 1. The monoisotopic (exact) mass is 550 g/mol. The lowest BCUT2D eigenvalue weighted by molar-refractivity contribution is -0.119. The third-order valence-corrected chi connectivity index (χ3v) is 7.05. The number of nitrogens with two attached hydrogens (primary N) is 1. The summed E-state index contributed by atoms with van der Waals surface area (Å²) in [7, 11) is 0. The van der Waals surface area contributed by atoms with Gasteiger partial charge in [0.25, 0.3) is 5.91 Å². The molecular weight excluding hydrogens is 514 g/mol. The Morgan fingerprint density at radius 1 is 0.829 bits per heavy atom. The van der Waals surface area contributed by atoms with Gasteiger partial charge in [-0.15, -0.1) is 0 Å². The van der Waals surface area contributed by atoms with Gasteiger partial charge in [0, 0.05) is 43.3 Å². The third-order valence-electron chi connectivity index (χ3n) is 7.05. The number of aliphatic hydroxyl groups is 1. The molecule has 2 unspecified atom stereocenters. The van der Waals surface area contributed by atoms with Gasteiger partial charge in [-0.05, 0) is 71.0 Å². The smallest absolute Gasteiger partial charge is 0.251 e. The maximum Gasteiger partial charge on any atom is 0.251 e. The summed E-state index contributed by atoms with van der Waals surface area (Å²) in [6.07, 6.45) is 1.06. The average Bonchev–Trinajstić information content (AvgIpc) is 2.99. The molecule has 0 aliphatic heterocycles. The van der Waals surface area contributed by atoms with Crippen molar-refractivity contribution in [2.24, 2.45) is 11.8 Å². The SMILES string of the molecule is CC(=O)NCc1cccc(-c2ccc(C(=O)NC(Cc3ccccc3)C(CO)Cc3cccc(N([NH-])N)c3)cc2)c1. The third kappa shape index (κ3) is 8.49. The van der Waals surface area contributed by atoms with Gasteiger partial charge in [0.05, 0.1) is 0 Å². The van der Waals surface area contributed by atoms with Gasteiger partial charge in [-0.2, -0.15) is 0 Å². The van der Waals surface area contributed by atoms with Crippen molar-refractivity contribution < 1.29 is 14.7 Å². The van der Waals surface area contributed by atoms with E-state index in [1.807, 2.05) is 84.9 Å². The first-order valence-corrected chi connectivity index (χ1v) is 13.6. The molecule has 0 saturated carbocycles. The van der Waals surface area contributed by atoms with Gasteiger partial charge >= 0.3 is 0 Å². The molecule has 2 amide bonds. The molecule has 0 radical (unpaired) electrons. The van der Waals surface area contributed by atoms with Crippen molar-refractivity contribution in [3.05, 3.63) is 131 Å². The second-order valence-electron chi connectivity index (χ2n) is 10.1. The van der Waals surface area contributed by atoms with E-state index in [9.17, 15) is 14.7 Å². The van der Waals surface area contributed by atoms with Gasteiger partial charge in [-0.3, -0.25) is 15.4 Å². The number of hydrazine groups is 1. The van der Waals surface area contributed by atoms with Crippen LogP contribution >= 0.6 is 0 Å². The molecule has 6 N–H and O–H groups in total. The van der Waals surface area contributed by atoms with E-state index in [0.29, 0.717) is 30.6 Å². The van der Waals surface area contributed by atoms with E-state index in [0.717, 1.165) is 32.9 Å². The van der Waals surface area contributed by atoms with Crippen LogP contribution in [-0.4, -0.2) is 29.6 Å². The Morgan fingerprint density at radius 2 is 1.51 bits per heavy atom. The molecule has 0 saturated heterocycles. The molecule has 212 valence electrons. The molecular formula is C33H36N5O3-. The molecule has 0 spiro atoms. The summed E-state index contributed by atoms with van der Waals surface area (Å²) in [5.74, 6) is 12.7. The fourth-order valence-electron chi connectivity index (χ4n) is 4.83. The number of carbonyl (C=O) groups is 2. The number of benzene rings is 4. The quantitative estimate of drug-likeness (QED) is 0.148. The van der Waals surface area contributed by atoms with Crippen molar-refractivity contribution in [2.75, 3.05) is 11.7 Å². The van der Waals surface area contributed by atoms with Gasteiger partial charge < -0.3 is 26.7 Å². The summed E-state index contributed by atoms with van der Waals surface area (Å²) in [5.41, 5.74) is 5.99. The van der Waals surface area contributed by atoms with Crippen LogP contribution in [0.25, 0.3) is 17.0 Å². The molecule has 8 nitrogen and oxygen atoms in total. The van der Waals surface area contributed by atoms with Crippen LogP contribution in [0.2, 0.25) is 0 Å². The number of hydrogen-bond donors (Lipinski definition) is 4. The maximum atomic E-state index is 13.4. The minimum absolute atomic E-state index is 0.0802. The summed E-state index contributed by atoms with van der Waals surface area (Å²) >= 11 is 0. The molecule has 0 aliphatic carbocycles. The zero-order valence-corrected chi connectivity index (χ0v) is 23.1. The summed E-state index contributed by atoms with van der Waals surface area (Å²) < 4.78 is 0. The van der Waals surface area contributed by atoms with Crippen LogP contribution in [0.1, 0.15) is 34.0 Å². The topological polar surface area (TPSA) is 131 Å². The lowest BCUT2D eigenvalue weighted by Crippen LogP contribution is -2.44. The second kappa shape index (κ2) is 14.2. The van der Waals surface area contributed by atoms with Gasteiger partial charge in [0.15, 0.2) is 0 Å². The molecule has 0 aliphatic rings. The molecule has 41 heavy (non-hydrogen) atoms. The number of rotatable bonds is 12. The number of amides is 2. The largest absolute Gasteiger partial charge is 0.567 e. The van der Waals surface area contributed by atoms with E-state index in [-0.39, 0.29) is 30.4 Å². The van der Waals surface area contributed by atoms with Crippen LogP contribution in [0.3, 0.4) is 0 Å². The molecule has 8 heteroatoms. The van der Waals surface area contributed by atoms with E-state index >= 15 is 0 Å². The van der Waals surface area contributed by atoms with Crippen LogP contribution in [0.5, 0.6) is 0 Å². The van der Waals surface area contributed by atoms with E-state index < -0.39 is 0 Å². The summed E-state index contributed by atoms with van der Waals surface area (Å²) in [6, 6.07) is 32.2. The highest BCUT2D eigenvalue weighted by molar-refractivity contribution is 5.95. The van der Waals surface area contributed by atoms with Crippen LogP contribution in [0.4, 0.5) is 5.69 Å². The van der Waals surface area contributed by atoms with Crippen molar-refractivity contribution in [3.8, 4) is 11.1 Å². The van der Waals surface area contributed by atoms with Crippen LogP contribution in [-0.2, 0) is 24.2 Å². The molecule has 2 atom stereocenters. The van der Waals surface area contributed by atoms with Gasteiger partial charge in [-0.1, -0.05) is 72.8 Å². The maximum absolute atomic E-state index is 13.4. The minimum atomic E-state index is -0.339. The predicted molar refractivity (Wildman–Crippen MR) is 163 cm³/mol. The zero-order chi connectivity index (χ0) is 29.2. The Labute approximate surface area is 240 Å². The van der Waals surface area contributed by atoms with Crippen LogP contribution < -0.4 is 21.6 Å². The Morgan fingerprint density at radius 3 is 2.20 bits per heavy atom. The summed E-state index contributed by atoms with van der Waals surface area (Å²) in [4.78, 5) is 24.7. The van der Waals surface area contributed by atoms with Crippen molar-refractivity contribution >= 4 is 17.5 Å². The number of carbonyl (C=O) groups excluding carboxylic acids is 2. The molecule has 4 aromatic carbocycles. The van der Waals surface area contributed by atoms with E-state index in [1.54, 1.807) is 18.2 Å². The molecule has 0 fully saturated rings. The standard InChI is InChI=1S/C33H36N5O3/c1-23(40)36-21-26-10-5-11-29(18-26)27-13-15-28(16-14-27)33(41)37-32(20-24-7-3-2-4-8-24)30(22-39)17-25-9-6-12-31(19-25)38(34)35/h2-16,18-19,30,32,34,39H,17,20-22,35H2,1H3,(H,36,40)(H,37,41)/q-1. The van der Waals surface area contributed by atoms with Crippen molar-refractivity contribution in [1.29, 1.82) is 0 Å². The molecule has 4 rings (SSSR count). The minimum Gasteiger partial charge on any atom is -0.567 e. The van der Waals surface area contributed by atoms with Crippen LogP contribution in [0, 0.1) is 5.92 Å². The normalized spacial score (nSPS) is 12.3. The van der Waals surface area contributed by atoms with E-state index in [4.69, 9.17) is 11.7 Å². The molecule has 0 heterocycles. The zero-order valence-electron chi connectivity index (χ0n) is 23.1. The molecule has 4 aromatic rings. The summed E-state index contributed by atoms with van der Waals surface area (Å²) in [6.45, 7) is 1.82. The summed E-state index contributed by atoms with van der Waals surface area (Å²) in [5, 5.41) is 17.2. The van der Waals surface area contributed by atoms with Gasteiger partial charge in [-0.25, -0.2) is 0 Å². The number of anilines is 1. The molecule has 0 aromatic heterocycles. The van der Waals surface area contributed by atoms with Crippen molar-refractivity contribution in [1.82, 2.24) is 10.6 Å². The number of hydrogen-bond acceptors (Lipinski definition) is 5. The second-order valence-corrected chi connectivity index (χ2v) is 10.1. The fraction of sp³-hybridized carbons (Fsp3) is 0.212. The van der Waals surface area contributed by atoms with Crippen molar-refractivity contribution in [2.45, 2.75) is 32.4 Å². The first-order chi connectivity index (χ1) is 19.8. The Bertz CT molecular complexity index is 1440. The first kappa shape index (κ1) is 29.5. The number of nitrogens with one attached hydrogen (secondary N) is 3. The predicted octanol–water partition coefficient (Wildman–Crippen LogP) is 4.83. The highest BCUT2D eigenvalue weighted by Gasteiger charge is 2.24. The van der Waals surface area contributed by atoms with Gasteiger partial charge in [0.1, 0.15) is 0 Å². The van der Waals surface area contributed by atoms with Gasteiger partial charge in [0.2, 0.25) is 5.91 Å². The highest BCUT2D eigenvalue weighted by Crippen LogP contribution is 2.23.